The van der Waals surface area contributed by atoms with Crippen molar-refractivity contribution in [3.8, 4) is 0 Å². The van der Waals surface area contributed by atoms with Crippen molar-refractivity contribution in [1.29, 1.82) is 0 Å². The van der Waals surface area contributed by atoms with Gasteiger partial charge in [0.15, 0.2) is 0 Å². The Bertz CT molecular complexity index is 529. The van der Waals surface area contributed by atoms with E-state index in [1.807, 2.05) is 18.3 Å². The third-order valence-electron chi connectivity index (χ3n) is 2.90. The van der Waals surface area contributed by atoms with Gasteiger partial charge in [-0.15, -0.1) is 0 Å². The third-order valence-corrected chi connectivity index (χ3v) is 3.97. The number of benzene rings is 1. The molecule has 2 rings (SSSR count). The van der Waals surface area contributed by atoms with E-state index in [2.05, 4.69) is 73.3 Å². The molecule has 2 nitrogen and oxygen atoms in total. The van der Waals surface area contributed by atoms with Gasteiger partial charge in [0.1, 0.15) is 0 Å². The molecule has 0 fully saturated rings. The Morgan fingerprint density at radius 3 is 2.58 bits per heavy atom. The van der Waals surface area contributed by atoms with E-state index in [4.69, 9.17) is 0 Å². The van der Waals surface area contributed by atoms with Crippen molar-refractivity contribution in [2.45, 2.75) is 19.4 Å². The molecule has 1 aromatic carbocycles. The van der Waals surface area contributed by atoms with E-state index in [1.165, 1.54) is 5.56 Å². The monoisotopic (exact) mass is 382 g/mol. The first kappa shape index (κ1) is 14.7. The molecule has 2 aromatic rings. The van der Waals surface area contributed by atoms with Crippen LogP contribution >= 0.6 is 31.9 Å². The molecule has 1 aromatic heterocycles. The minimum atomic E-state index is 0.217. The lowest BCUT2D eigenvalue weighted by Gasteiger charge is -2.19. The largest absolute Gasteiger partial charge is 0.309 e. The molecule has 1 atom stereocenters. The average Bonchev–Trinajstić information content (AvgIpc) is 2.39. The molecule has 0 aliphatic heterocycles. The second-order valence-electron chi connectivity index (χ2n) is 4.32. The fraction of sp³-hybridized carbons (Fsp3) is 0.267. The first-order valence-corrected chi connectivity index (χ1v) is 7.87. The quantitative estimate of drug-likeness (QED) is 0.822. The van der Waals surface area contributed by atoms with Crippen LogP contribution in [0.15, 0.2) is 51.5 Å². The average molecular weight is 384 g/mol. The van der Waals surface area contributed by atoms with Crippen LogP contribution in [0.25, 0.3) is 0 Å². The predicted molar refractivity (Wildman–Crippen MR) is 86.2 cm³/mol. The summed E-state index contributed by atoms with van der Waals surface area (Å²) >= 11 is 7.04. The molecule has 0 saturated heterocycles. The molecule has 0 radical (unpaired) electrons. The summed E-state index contributed by atoms with van der Waals surface area (Å²) in [4.78, 5) is 4.54. The number of halogens is 2. The SMILES string of the molecule is CCNC(Cc1ccccc1)c1ncc(Br)cc1Br. The molecular formula is C15H16Br2N2. The molecule has 0 saturated carbocycles. The van der Waals surface area contributed by atoms with Crippen molar-refractivity contribution < 1.29 is 0 Å². The number of hydrogen-bond acceptors (Lipinski definition) is 2. The molecule has 1 N–H and O–H groups in total. The lowest BCUT2D eigenvalue weighted by Crippen LogP contribution is -2.24. The van der Waals surface area contributed by atoms with Crippen molar-refractivity contribution in [2.24, 2.45) is 0 Å². The Morgan fingerprint density at radius 1 is 1.21 bits per heavy atom. The molecule has 0 spiro atoms. The van der Waals surface area contributed by atoms with Crippen LogP contribution in [-0.2, 0) is 6.42 Å². The standard InChI is InChI=1S/C15H16Br2N2/c1-2-18-14(8-11-6-4-3-5-7-11)15-13(17)9-12(16)10-19-15/h3-7,9-10,14,18H,2,8H2,1H3. The van der Waals surface area contributed by atoms with E-state index < -0.39 is 0 Å². The summed E-state index contributed by atoms with van der Waals surface area (Å²) in [6.45, 7) is 3.03. The minimum Gasteiger partial charge on any atom is -0.309 e. The van der Waals surface area contributed by atoms with Gasteiger partial charge in [0.2, 0.25) is 0 Å². The molecule has 0 aliphatic carbocycles. The molecule has 1 unspecified atom stereocenters. The van der Waals surface area contributed by atoms with Crippen molar-refractivity contribution in [3.05, 3.63) is 62.8 Å². The summed E-state index contributed by atoms with van der Waals surface area (Å²) in [5.41, 5.74) is 2.36. The second-order valence-corrected chi connectivity index (χ2v) is 6.09. The maximum absolute atomic E-state index is 4.54. The van der Waals surface area contributed by atoms with Crippen molar-refractivity contribution in [2.75, 3.05) is 6.54 Å². The van der Waals surface area contributed by atoms with Gasteiger partial charge in [0.25, 0.3) is 0 Å². The number of pyridine rings is 1. The number of hydrogen-bond donors (Lipinski definition) is 1. The van der Waals surface area contributed by atoms with Crippen LogP contribution in [0.4, 0.5) is 0 Å². The van der Waals surface area contributed by atoms with Crippen LogP contribution in [0.1, 0.15) is 24.2 Å². The number of nitrogens with one attached hydrogen (secondary N) is 1. The molecule has 100 valence electrons. The number of nitrogens with zero attached hydrogens (tertiary/aromatic N) is 1. The Morgan fingerprint density at radius 2 is 1.95 bits per heavy atom. The number of aromatic nitrogens is 1. The summed E-state index contributed by atoms with van der Waals surface area (Å²) in [6.07, 6.45) is 2.78. The molecule has 1 heterocycles. The van der Waals surface area contributed by atoms with Gasteiger partial charge in [-0.1, -0.05) is 37.3 Å². The summed E-state index contributed by atoms with van der Waals surface area (Å²) in [7, 11) is 0. The van der Waals surface area contributed by atoms with Gasteiger partial charge in [-0.05, 0) is 56.5 Å². The number of likely N-dealkylation sites (N-methyl/N-ethyl adjacent to an activating group) is 1. The fourth-order valence-corrected chi connectivity index (χ4v) is 3.31. The van der Waals surface area contributed by atoms with E-state index in [-0.39, 0.29) is 6.04 Å². The van der Waals surface area contributed by atoms with Crippen molar-refractivity contribution >= 4 is 31.9 Å². The van der Waals surface area contributed by atoms with Gasteiger partial charge in [0, 0.05) is 15.1 Å². The predicted octanol–water partition coefficient (Wildman–Crippen LogP) is 4.50. The van der Waals surface area contributed by atoms with E-state index in [9.17, 15) is 0 Å². The first-order valence-electron chi connectivity index (χ1n) is 6.29. The highest BCUT2D eigenvalue weighted by atomic mass is 79.9. The normalized spacial score (nSPS) is 12.4. The topological polar surface area (TPSA) is 24.9 Å². The van der Waals surface area contributed by atoms with Gasteiger partial charge >= 0.3 is 0 Å². The maximum Gasteiger partial charge on any atom is 0.0719 e. The van der Waals surface area contributed by atoms with Gasteiger partial charge in [-0.2, -0.15) is 0 Å². The zero-order chi connectivity index (χ0) is 13.7. The van der Waals surface area contributed by atoms with E-state index >= 15 is 0 Å². The molecule has 0 aliphatic rings. The van der Waals surface area contributed by atoms with E-state index in [0.29, 0.717) is 0 Å². The lowest BCUT2D eigenvalue weighted by atomic mass is 10.0. The van der Waals surface area contributed by atoms with Crippen molar-refractivity contribution in [1.82, 2.24) is 10.3 Å². The second kappa shape index (κ2) is 7.17. The Hall–Kier alpha value is -0.710. The van der Waals surface area contributed by atoms with E-state index in [1.54, 1.807) is 0 Å². The van der Waals surface area contributed by atoms with E-state index in [0.717, 1.165) is 27.6 Å². The summed E-state index contributed by atoms with van der Waals surface area (Å²) in [6, 6.07) is 12.7. The van der Waals surface area contributed by atoms with Crippen LogP contribution < -0.4 is 5.32 Å². The van der Waals surface area contributed by atoms with Crippen LogP contribution in [0.2, 0.25) is 0 Å². The smallest absolute Gasteiger partial charge is 0.0719 e. The highest BCUT2D eigenvalue weighted by molar-refractivity contribution is 9.11. The van der Waals surface area contributed by atoms with Gasteiger partial charge in [0.05, 0.1) is 11.7 Å². The fourth-order valence-electron chi connectivity index (χ4n) is 2.04. The van der Waals surface area contributed by atoms with Crippen LogP contribution in [0, 0.1) is 0 Å². The maximum atomic E-state index is 4.54. The molecule has 19 heavy (non-hydrogen) atoms. The summed E-state index contributed by atoms with van der Waals surface area (Å²) in [5, 5.41) is 3.50. The van der Waals surface area contributed by atoms with Crippen LogP contribution in [0.5, 0.6) is 0 Å². The summed E-state index contributed by atoms with van der Waals surface area (Å²) < 4.78 is 2.02. The third kappa shape index (κ3) is 4.13. The highest BCUT2D eigenvalue weighted by Gasteiger charge is 2.15. The Labute approximate surface area is 130 Å². The Balaban J connectivity index is 2.24. The first-order chi connectivity index (χ1) is 9.20. The lowest BCUT2D eigenvalue weighted by molar-refractivity contribution is 0.534. The summed E-state index contributed by atoms with van der Waals surface area (Å²) in [5.74, 6) is 0. The zero-order valence-electron chi connectivity index (χ0n) is 10.7. The van der Waals surface area contributed by atoms with Crippen LogP contribution in [-0.4, -0.2) is 11.5 Å². The van der Waals surface area contributed by atoms with Gasteiger partial charge < -0.3 is 5.32 Å². The molecule has 0 bridgehead atoms. The minimum absolute atomic E-state index is 0.217. The van der Waals surface area contributed by atoms with Crippen molar-refractivity contribution in [3.63, 3.8) is 0 Å². The highest BCUT2D eigenvalue weighted by Crippen LogP contribution is 2.26. The van der Waals surface area contributed by atoms with Crippen LogP contribution in [0.3, 0.4) is 0 Å². The molecule has 0 amide bonds. The van der Waals surface area contributed by atoms with Gasteiger partial charge in [-0.25, -0.2) is 0 Å². The van der Waals surface area contributed by atoms with Gasteiger partial charge in [-0.3, -0.25) is 4.98 Å². The molecular weight excluding hydrogens is 368 g/mol. The number of rotatable bonds is 5. The molecule has 4 heteroatoms. The zero-order valence-corrected chi connectivity index (χ0v) is 13.9. The Kier molecular flexibility index (Phi) is 5.55.